The number of nitrogens with zero attached hydrogens (tertiary/aromatic N) is 1. The van der Waals surface area contributed by atoms with Crippen molar-refractivity contribution >= 4 is 35.2 Å². The van der Waals surface area contributed by atoms with Crippen molar-refractivity contribution in [2.24, 2.45) is 0 Å². The van der Waals surface area contributed by atoms with E-state index in [4.69, 9.17) is 5.11 Å². The first-order valence-corrected chi connectivity index (χ1v) is 6.84. The number of nitrogens with one attached hydrogen (secondary N) is 1. The van der Waals surface area contributed by atoms with Gasteiger partial charge in [-0.1, -0.05) is 0 Å². The van der Waals surface area contributed by atoms with Crippen molar-refractivity contribution in [2.75, 3.05) is 23.5 Å². The topological polar surface area (TPSA) is 107 Å². The highest BCUT2D eigenvalue weighted by atomic mass is 32.2. The zero-order valence-corrected chi connectivity index (χ0v) is 11.1. The number of aromatic carboxylic acids is 1. The van der Waals surface area contributed by atoms with E-state index in [-0.39, 0.29) is 23.7 Å². The molecule has 106 valence electrons. The number of amides is 2. The number of anilines is 1. The number of rotatable bonds is 4. The van der Waals surface area contributed by atoms with Gasteiger partial charge in [-0.15, -0.1) is 11.8 Å². The first-order valence-electron chi connectivity index (χ1n) is 5.69. The van der Waals surface area contributed by atoms with E-state index in [1.54, 1.807) is 0 Å². The van der Waals surface area contributed by atoms with Gasteiger partial charge in [-0.25, -0.2) is 4.79 Å². The molecule has 2 amide bonds. The van der Waals surface area contributed by atoms with Gasteiger partial charge < -0.3 is 20.4 Å². The van der Waals surface area contributed by atoms with Gasteiger partial charge in [0.05, 0.1) is 11.6 Å². The van der Waals surface area contributed by atoms with Crippen LogP contribution in [0, 0.1) is 0 Å². The van der Waals surface area contributed by atoms with Crippen LogP contribution in [0.5, 0.6) is 5.75 Å². The third-order valence-corrected chi connectivity index (χ3v) is 3.62. The number of carboxylic acid groups (broad SMARTS) is 1. The minimum Gasteiger partial charge on any atom is -0.507 e. The number of carbonyl (C=O) groups excluding carboxylic acids is 2. The summed E-state index contributed by atoms with van der Waals surface area (Å²) in [5, 5.41) is 20.8. The Balaban J connectivity index is 1.99. The molecule has 0 bridgehead atoms. The summed E-state index contributed by atoms with van der Waals surface area (Å²) >= 11 is 1.44. The van der Waals surface area contributed by atoms with Crippen molar-refractivity contribution in [3.05, 3.63) is 23.8 Å². The van der Waals surface area contributed by atoms with Crippen LogP contribution in [-0.2, 0) is 9.59 Å². The molecule has 1 aromatic rings. The highest BCUT2D eigenvalue weighted by molar-refractivity contribution is 8.00. The van der Waals surface area contributed by atoms with Crippen LogP contribution < -0.4 is 5.32 Å². The average molecular weight is 296 g/mol. The van der Waals surface area contributed by atoms with Gasteiger partial charge in [0.15, 0.2) is 0 Å². The molecule has 0 spiro atoms. The molecule has 1 heterocycles. The van der Waals surface area contributed by atoms with Crippen molar-refractivity contribution in [3.8, 4) is 5.75 Å². The van der Waals surface area contributed by atoms with Crippen LogP contribution in [0.1, 0.15) is 10.4 Å². The quantitative estimate of drug-likeness (QED) is 0.749. The third-order valence-electron chi connectivity index (χ3n) is 2.67. The standard InChI is InChI=1S/C12H12N2O5S/c15-9-3-7(1-2-8(9)12(18)19)13-10(16)4-14-6-20-5-11(14)17/h1-3,15H,4-6H2,(H,13,16)(H,18,19). The van der Waals surface area contributed by atoms with E-state index in [2.05, 4.69) is 5.32 Å². The molecule has 0 radical (unpaired) electrons. The number of aromatic hydroxyl groups is 1. The lowest BCUT2D eigenvalue weighted by atomic mass is 10.2. The lowest BCUT2D eigenvalue weighted by Gasteiger charge is -2.14. The molecular weight excluding hydrogens is 284 g/mol. The summed E-state index contributed by atoms with van der Waals surface area (Å²) in [6.07, 6.45) is 0. The number of phenols is 1. The largest absolute Gasteiger partial charge is 0.507 e. The average Bonchev–Trinajstić information content (AvgIpc) is 2.74. The number of benzene rings is 1. The molecule has 0 unspecified atom stereocenters. The lowest BCUT2D eigenvalue weighted by molar-refractivity contribution is -0.130. The van der Waals surface area contributed by atoms with Crippen LogP contribution in [0.2, 0.25) is 0 Å². The van der Waals surface area contributed by atoms with Gasteiger partial charge in [-0.05, 0) is 12.1 Å². The summed E-state index contributed by atoms with van der Waals surface area (Å²) < 4.78 is 0. The minimum absolute atomic E-state index is 0.0622. The Hall–Kier alpha value is -2.22. The fraction of sp³-hybridized carbons (Fsp3) is 0.250. The molecule has 1 saturated heterocycles. The maximum absolute atomic E-state index is 11.7. The summed E-state index contributed by atoms with van der Waals surface area (Å²) in [6.45, 7) is -0.0622. The molecule has 0 saturated carbocycles. The van der Waals surface area contributed by atoms with E-state index in [9.17, 15) is 19.5 Å². The summed E-state index contributed by atoms with van der Waals surface area (Å²) in [5.74, 6) is -1.31. The van der Waals surface area contributed by atoms with Crippen molar-refractivity contribution in [3.63, 3.8) is 0 Å². The monoisotopic (exact) mass is 296 g/mol. The Labute approximate surface area is 118 Å². The van der Waals surface area contributed by atoms with Crippen molar-refractivity contribution in [1.29, 1.82) is 0 Å². The molecule has 8 heteroatoms. The number of hydrogen-bond acceptors (Lipinski definition) is 5. The first-order chi connectivity index (χ1) is 9.47. The second-order valence-corrected chi connectivity index (χ2v) is 5.11. The van der Waals surface area contributed by atoms with Crippen LogP contribution in [0.15, 0.2) is 18.2 Å². The van der Waals surface area contributed by atoms with Crippen molar-refractivity contribution in [1.82, 2.24) is 4.90 Å². The maximum Gasteiger partial charge on any atom is 0.339 e. The molecule has 20 heavy (non-hydrogen) atoms. The molecule has 1 fully saturated rings. The van der Waals surface area contributed by atoms with Crippen LogP contribution in [0.3, 0.4) is 0 Å². The highest BCUT2D eigenvalue weighted by Gasteiger charge is 2.23. The van der Waals surface area contributed by atoms with Crippen molar-refractivity contribution in [2.45, 2.75) is 0 Å². The van der Waals surface area contributed by atoms with E-state index in [1.165, 1.54) is 28.8 Å². The molecule has 0 aliphatic carbocycles. The summed E-state index contributed by atoms with van der Waals surface area (Å²) in [7, 11) is 0. The minimum atomic E-state index is -1.25. The summed E-state index contributed by atoms with van der Waals surface area (Å²) in [4.78, 5) is 35.2. The first kappa shape index (κ1) is 14.2. The van der Waals surface area contributed by atoms with Crippen molar-refractivity contribution < 1.29 is 24.6 Å². The Bertz CT molecular complexity index is 575. The van der Waals surface area contributed by atoms with Gasteiger partial charge in [-0.2, -0.15) is 0 Å². The summed E-state index contributed by atoms with van der Waals surface area (Å²) in [5.41, 5.74) is 0.0333. The van der Waals surface area contributed by atoms with Gasteiger partial charge in [0, 0.05) is 11.8 Å². The predicted octanol–water partition coefficient (Wildman–Crippen LogP) is 0.562. The van der Waals surface area contributed by atoms with Gasteiger partial charge in [0.25, 0.3) is 0 Å². The Kier molecular flexibility index (Phi) is 4.14. The smallest absolute Gasteiger partial charge is 0.339 e. The molecule has 1 aliphatic heterocycles. The van der Waals surface area contributed by atoms with Crippen LogP contribution in [-0.4, -0.2) is 51.1 Å². The highest BCUT2D eigenvalue weighted by Crippen LogP contribution is 2.22. The van der Waals surface area contributed by atoms with E-state index in [1.807, 2.05) is 0 Å². The Morgan fingerprint density at radius 2 is 2.15 bits per heavy atom. The van der Waals surface area contributed by atoms with Gasteiger partial charge in [0.1, 0.15) is 17.9 Å². The van der Waals surface area contributed by atoms with Gasteiger partial charge >= 0.3 is 5.97 Å². The third kappa shape index (κ3) is 3.21. The van der Waals surface area contributed by atoms with E-state index >= 15 is 0 Å². The molecule has 0 atom stereocenters. The molecular formula is C12H12N2O5S. The predicted molar refractivity (Wildman–Crippen MR) is 72.7 cm³/mol. The lowest BCUT2D eigenvalue weighted by Crippen LogP contribution is -2.34. The van der Waals surface area contributed by atoms with E-state index in [0.717, 1.165) is 6.07 Å². The molecule has 2 rings (SSSR count). The van der Waals surface area contributed by atoms with Gasteiger partial charge in [0.2, 0.25) is 11.8 Å². The fourth-order valence-electron chi connectivity index (χ4n) is 1.70. The van der Waals surface area contributed by atoms with Crippen LogP contribution in [0.4, 0.5) is 5.69 Å². The molecule has 1 aromatic carbocycles. The second kappa shape index (κ2) is 5.83. The van der Waals surface area contributed by atoms with Crippen LogP contribution in [0.25, 0.3) is 0 Å². The van der Waals surface area contributed by atoms with E-state index < -0.39 is 17.6 Å². The summed E-state index contributed by atoms with van der Waals surface area (Å²) in [6, 6.07) is 3.73. The number of thioether (sulfide) groups is 1. The number of carbonyl (C=O) groups is 3. The molecule has 3 N–H and O–H groups in total. The zero-order valence-electron chi connectivity index (χ0n) is 10.3. The van der Waals surface area contributed by atoms with E-state index in [0.29, 0.717) is 11.6 Å². The fourth-order valence-corrected chi connectivity index (χ4v) is 2.61. The maximum atomic E-state index is 11.7. The SMILES string of the molecule is O=C(CN1CSCC1=O)Nc1ccc(C(=O)O)c(O)c1. The number of hydrogen-bond donors (Lipinski definition) is 3. The number of carboxylic acids is 1. The Morgan fingerprint density at radius 1 is 1.40 bits per heavy atom. The normalized spacial score (nSPS) is 14.4. The molecule has 1 aliphatic rings. The van der Waals surface area contributed by atoms with Crippen LogP contribution >= 0.6 is 11.8 Å². The molecule has 0 aromatic heterocycles. The molecule has 7 nitrogen and oxygen atoms in total. The van der Waals surface area contributed by atoms with Gasteiger partial charge in [-0.3, -0.25) is 9.59 Å². The second-order valence-electron chi connectivity index (χ2n) is 4.15. The zero-order chi connectivity index (χ0) is 14.7. The Morgan fingerprint density at radius 3 is 2.70 bits per heavy atom.